The first kappa shape index (κ1) is 25.4. The molecule has 15 heteroatoms. The average Bonchev–Trinajstić information content (AvgIpc) is 3.54. The highest BCUT2D eigenvalue weighted by Gasteiger charge is 2.34. The van der Waals surface area contributed by atoms with Crippen molar-refractivity contribution in [3.63, 3.8) is 0 Å². The van der Waals surface area contributed by atoms with Crippen LogP contribution in [0.5, 0.6) is 0 Å². The van der Waals surface area contributed by atoms with Crippen molar-refractivity contribution in [1.82, 2.24) is 30.4 Å². The van der Waals surface area contributed by atoms with Crippen molar-refractivity contribution >= 4 is 29.3 Å². The molecule has 3 fully saturated rings. The average molecular weight is 531 g/mol. The Morgan fingerprint density at radius 1 is 1.13 bits per heavy atom. The van der Waals surface area contributed by atoms with Crippen LogP contribution >= 0.6 is 0 Å². The standard InChI is InChI=1S/C23H28F2N10O3/c1-15(36)27-12-18-13-34(23(37)38-18)17-10-19(24)21(20(25)11-17)32-4-2-16(3-5-32)35-29-22(28-30-35)33-8-6-31(14-26)7-9-33/h10-11,16,18H,2-9,12-13H2,1H3,(H,27,36). The smallest absolute Gasteiger partial charge is 0.414 e. The van der Waals surface area contributed by atoms with E-state index < -0.39 is 23.8 Å². The topological polar surface area (TPSA) is 136 Å². The number of carbonyl (C=O) groups excluding carboxylic acids is 2. The van der Waals surface area contributed by atoms with Crippen LogP contribution in [0.1, 0.15) is 25.8 Å². The van der Waals surface area contributed by atoms with Crippen molar-refractivity contribution in [3.05, 3.63) is 23.8 Å². The molecule has 3 saturated heterocycles. The van der Waals surface area contributed by atoms with E-state index in [0.717, 1.165) is 17.0 Å². The number of carbonyl (C=O) groups is 2. The van der Waals surface area contributed by atoms with Crippen LogP contribution in [-0.2, 0) is 9.53 Å². The third-order valence-corrected chi connectivity index (χ3v) is 7.00. The zero-order chi connectivity index (χ0) is 26.8. The molecule has 202 valence electrons. The van der Waals surface area contributed by atoms with Gasteiger partial charge in [-0.1, -0.05) is 5.10 Å². The molecular formula is C23H28F2N10O3. The van der Waals surface area contributed by atoms with Gasteiger partial charge in [-0.15, -0.1) is 5.10 Å². The van der Waals surface area contributed by atoms with Crippen LogP contribution in [0.2, 0.25) is 0 Å². The van der Waals surface area contributed by atoms with Crippen LogP contribution in [0.4, 0.5) is 30.9 Å². The fraction of sp³-hybridized carbons (Fsp3) is 0.565. The number of amides is 2. The third kappa shape index (κ3) is 5.24. The largest absolute Gasteiger partial charge is 0.442 e. The normalized spacial score (nSPS) is 20.5. The van der Waals surface area contributed by atoms with Crippen molar-refractivity contribution in [2.45, 2.75) is 31.9 Å². The predicted molar refractivity (Wildman–Crippen MR) is 130 cm³/mol. The number of ether oxygens (including phenoxy) is 1. The highest BCUT2D eigenvalue weighted by molar-refractivity contribution is 5.90. The summed E-state index contributed by atoms with van der Waals surface area (Å²) in [6.45, 7) is 4.81. The maximum atomic E-state index is 15.1. The summed E-state index contributed by atoms with van der Waals surface area (Å²) in [4.78, 5) is 31.4. The number of nitriles is 1. The van der Waals surface area contributed by atoms with E-state index in [0.29, 0.717) is 58.1 Å². The summed E-state index contributed by atoms with van der Waals surface area (Å²) in [5, 5.41) is 24.4. The number of anilines is 3. The first-order valence-electron chi connectivity index (χ1n) is 12.5. The molecule has 13 nitrogen and oxygen atoms in total. The number of nitrogens with one attached hydrogen (secondary N) is 1. The van der Waals surface area contributed by atoms with Crippen LogP contribution in [-0.4, -0.2) is 95.6 Å². The molecule has 0 saturated carbocycles. The van der Waals surface area contributed by atoms with Crippen molar-refractivity contribution in [1.29, 1.82) is 5.26 Å². The summed E-state index contributed by atoms with van der Waals surface area (Å²) in [6, 6.07) is 2.20. The van der Waals surface area contributed by atoms with Gasteiger partial charge in [0.2, 0.25) is 5.91 Å². The molecule has 1 unspecified atom stereocenters. The van der Waals surface area contributed by atoms with Crippen molar-refractivity contribution in [2.24, 2.45) is 0 Å². The van der Waals surface area contributed by atoms with Gasteiger partial charge in [-0.05, 0) is 18.1 Å². The number of tetrazole rings is 1. The molecule has 2 amide bonds. The van der Waals surface area contributed by atoms with Crippen molar-refractivity contribution in [2.75, 3.05) is 67.1 Å². The number of halogens is 2. The van der Waals surface area contributed by atoms with E-state index in [1.807, 2.05) is 4.90 Å². The lowest BCUT2D eigenvalue weighted by molar-refractivity contribution is -0.119. The Balaban J connectivity index is 1.20. The Bertz CT molecular complexity index is 1210. The highest BCUT2D eigenvalue weighted by atomic mass is 19.1. The molecular weight excluding hydrogens is 502 g/mol. The van der Waals surface area contributed by atoms with Crippen LogP contribution in [0.15, 0.2) is 12.1 Å². The Morgan fingerprint density at radius 3 is 2.45 bits per heavy atom. The minimum Gasteiger partial charge on any atom is -0.442 e. The minimum atomic E-state index is -0.769. The van der Waals surface area contributed by atoms with Gasteiger partial charge in [-0.25, -0.2) is 13.6 Å². The molecule has 5 rings (SSSR count). The Morgan fingerprint density at radius 2 is 1.82 bits per heavy atom. The van der Waals surface area contributed by atoms with E-state index in [-0.39, 0.29) is 36.4 Å². The van der Waals surface area contributed by atoms with Crippen LogP contribution in [0.25, 0.3) is 0 Å². The Hall–Kier alpha value is -4.22. The van der Waals surface area contributed by atoms with Gasteiger partial charge in [0.1, 0.15) is 11.8 Å². The molecule has 0 radical (unpaired) electrons. The molecule has 1 N–H and O–H groups in total. The first-order valence-corrected chi connectivity index (χ1v) is 12.5. The summed E-state index contributed by atoms with van der Waals surface area (Å²) in [7, 11) is 0. The monoisotopic (exact) mass is 530 g/mol. The lowest BCUT2D eigenvalue weighted by Gasteiger charge is -2.33. The van der Waals surface area contributed by atoms with Crippen molar-refractivity contribution < 1.29 is 23.1 Å². The zero-order valence-electron chi connectivity index (χ0n) is 20.9. The predicted octanol–water partition coefficient (Wildman–Crippen LogP) is 0.857. The number of aromatic nitrogens is 4. The van der Waals surface area contributed by atoms with E-state index in [9.17, 15) is 9.59 Å². The summed E-state index contributed by atoms with van der Waals surface area (Å²) in [5.74, 6) is -1.29. The third-order valence-electron chi connectivity index (χ3n) is 7.00. The molecule has 0 spiro atoms. The maximum Gasteiger partial charge on any atom is 0.414 e. The molecule has 1 atom stereocenters. The molecule has 38 heavy (non-hydrogen) atoms. The maximum absolute atomic E-state index is 15.1. The summed E-state index contributed by atoms with van der Waals surface area (Å²) in [5.41, 5.74) is -0.0823. The Kier molecular flexibility index (Phi) is 7.12. The van der Waals surface area contributed by atoms with Crippen LogP contribution in [0.3, 0.4) is 0 Å². The number of hydrogen-bond donors (Lipinski definition) is 1. The summed E-state index contributed by atoms with van der Waals surface area (Å²) >= 11 is 0. The van der Waals surface area contributed by atoms with Crippen molar-refractivity contribution in [3.8, 4) is 6.19 Å². The Labute approximate surface area is 217 Å². The van der Waals surface area contributed by atoms with E-state index in [2.05, 4.69) is 26.9 Å². The molecule has 2 aromatic rings. The molecule has 3 aliphatic rings. The number of cyclic esters (lactones) is 1. The zero-order valence-corrected chi connectivity index (χ0v) is 20.9. The van der Waals surface area contributed by atoms with E-state index >= 15 is 8.78 Å². The van der Waals surface area contributed by atoms with E-state index in [4.69, 9.17) is 10.00 Å². The van der Waals surface area contributed by atoms with Gasteiger partial charge < -0.3 is 24.8 Å². The van der Waals surface area contributed by atoms with E-state index in [1.165, 1.54) is 6.92 Å². The first-order chi connectivity index (χ1) is 18.3. The van der Waals surface area contributed by atoms with Gasteiger partial charge in [0.05, 0.1) is 24.8 Å². The molecule has 0 aliphatic carbocycles. The summed E-state index contributed by atoms with van der Waals surface area (Å²) in [6.07, 6.45) is 1.95. The van der Waals surface area contributed by atoms with Gasteiger partial charge in [0.25, 0.3) is 5.95 Å². The number of benzene rings is 1. The second-order valence-corrected chi connectivity index (χ2v) is 9.51. The van der Waals surface area contributed by atoms with Gasteiger partial charge in [-0.2, -0.15) is 10.1 Å². The fourth-order valence-electron chi connectivity index (χ4n) is 4.93. The lowest BCUT2D eigenvalue weighted by Crippen LogP contribution is -2.44. The van der Waals surface area contributed by atoms with Gasteiger partial charge >= 0.3 is 6.09 Å². The molecule has 4 heterocycles. The van der Waals surface area contributed by atoms with Crippen LogP contribution in [0, 0.1) is 23.1 Å². The lowest BCUT2D eigenvalue weighted by atomic mass is 10.0. The van der Waals surface area contributed by atoms with Gasteiger partial charge in [0.15, 0.2) is 17.8 Å². The second-order valence-electron chi connectivity index (χ2n) is 9.51. The van der Waals surface area contributed by atoms with E-state index in [1.54, 1.807) is 14.6 Å². The number of nitrogens with zero attached hydrogens (tertiary/aromatic N) is 9. The second kappa shape index (κ2) is 10.6. The summed E-state index contributed by atoms with van der Waals surface area (Å²) < 4.78 is 35.4. The quantitative estimate of drug-likeness (QED) is 0.536. The SMILES string of the molecule is CC(=O)NCC1CN(c2cc(F)c(N3CCC(n4nnc(N5CCN(C#N)CC5)n4)CC3)c(F)c2)C(=O)O1. The number of rotatable bonds is 6. The van der Waals surface area contributed by atoms with Gasteiger partial charge in [0, 0.05) is 58.3 Å². The number of piperidine rings is 1. The fourth-order valence-corrected chi connectivity index (χ4v) is 4.93. The molecule has 1 aromatic carbocycles. The van der Waals surface area contributed by atoms with Crippen LogP contribution < -0.4 is 20.0 Å². The minimum absolute atomic E-state index is 0.0572. The highest BCUT2D eigenvalue weighted by Crippen LogP contribution is 2.34. The number of piperazine rings is 1. The molecule has 1 aromatic heterocycles. The molecule has 3 aliphatic heterocycles. The van der Waals surface area contributed by atoms with Gasteiger partial charge in [-0.3, -0.25) is 9.69 Å². The number of hydrogen-bond acceptors (Lipinski definition) is 10. The molecule has 0 bridgehead atoms.